The summed E-state index contributed by atoms with van der Waals surface area (Å²) in [5.41, 5.74) is 6.18. The predicted molar refractivity (Wildman–Crippen MR) is 172 cm³/mol. The van der Waals surface area contributed by atoms with Crippen molar-refractivity contribution in [3.05, 3.63) is 101 Å². The minimum atomic E-state index is -0.0404. The van der Waals surface area contributed by atoms with E-state index in [0.717, 1.165) is 63.5 Å². The van der Waals surface area contributed by atoms with Crippen LogP contribution in [0.1, 0.15) is 54.2 Å². The zero-order valence-corrected chi connectivity index (χ0v) is 25.9. The molecule has 0 amide bonds. The SMILES string of the molecule is CCCn1c(CC)nc2cc(C(Cl)CN3CCN(C(c4ccccc4)c4ccccc4)CC3)ccc21.Cl.Cl.Cl. The van der Waals surface area contributed by atoms with Crippen LogP contribution < -0.4 is 0 Å². The normalized spacial score (nSPS) is 14.9. The van der Waals surface area contributed by atoms with Crippen LogP contribution in [-0.4, -0.2) is 52.1 Å². The van der Waals surface area contributed by atoms with Crippen molar-refractivity contribution in [2.24, 2.45) is 0 Å². The molecule has 0 N–H and O–H groups in total. The molecule has 212 valence electrons. The zero-order chi connectivity index (χ0) is 24.9. The summed E-state index contributed by atoms with van der Waals surface area (Å²) in [5.74, 6) is 1.16. The largest absolute Gasteiger partial charge is 0.328 e. The van der Waals surface area contributed by atoms with Gasteiger partial charge >= 0.3 is 0 Å². The van der Waals surface area contributed by atoms with Gasteiger partial charge in [0, 0.05) is 45.7 Å². The maximum Gasteiger partial charge on any atom is 0.109 e. The number of imidazole rings is 1. The molecular weight excluding hydrogens is 570 g/mol. The standard InChI is InChI=1S/C31H37ClN4.3ClH/c1-3-17-36-29-16-15-26(22-28(29)33-30(36)4-2)27(32)23-34-18-20-35(21-19-34)31(24-11-7-5-8-12-24)25-13-9-6-10-14-25;;;/h5-16,22,27,31H,3-4,17-21,23H2,1-2H3;3*1H. The highest BCUT2D eigenvalue weighted by Gasteiger charge is 2.27. The number of piperazine rings is 1. The molecule has 0 radical (unpaired) electrons. The summed E-state index contributed by atoms with van der Waals surface area (Å²) < 4.78 is 2.36. The van der Waals surface area contributed by atoms with Crippen LogP contribution in [0.5, 0.6) is 0 Å². The van der Waals surface area contributed by atoms with E-state index in [2.05, 4.69) is 107 Å². The number of nitrogens with zero attached hydrogens (tertiary/aromatic N) is 4. The molecule has 1 aliphatic rings. The molecule has 0 spiro atoms. The Labute approximate surface area is 257 Å². The fourth-order valence-electron chi connectivity index (χ4n) is 5.56. The predicted octanol–water partition coefficient (Wildman–Crippen LogP) is 7.96. The lowest BCUT2D eigenvalue weighted by Crippen LogP contribution is -2.48. The van der Waals surface area contributed by atoms with Gasteiger partial charge in [0.15, 0.2) is 0 Å². The Bertz CT molecular complexity index is 1220. The van der Waals surface area contributed by atoms with Crippen LogP contribution in [0.2, 0.25) is 0 Å². The minimum Gasteiger partial charge on any atom is -0.328 e. The van der Waals surface area contributed by atoms with Crippen molar-refractivity contribution in [3.8, 4) is 0 Å². The van der Waals surface area contributed by atoms with Crippen LogP contribution in [0.15, 0.2) is 78.9 Å². The molecule has 1 unspecified atom stereocenters. The lowest BCUT2D eigenvalue weighted by molar-refractivity contribution is 0.109. The summed E-state index contributed by atoms with van der Waals surface area (Å²) in [6.07, 6.45) is 2.06. The molecule has 0 bridgehead atoms. The van der Waals surface area contributed by atoms with Gasteiger partial charge in [-0.05, 0) is 35.2 Å². The van der Waals surface area contributed by atoms with Crippen LogP contribution in [0.3, 0.4) is 0 Å². The highest BCUT2D eigenvalue weighted by atomic mass is 35.5. The fourth-order valence-corrected chi connectivity index (χ4v) is 5.89. The second-order valence-electron chi connectivity index (χ2n) is 9.81. The minimum absolute atomic E-state index is 0. The van der Waals surface area contributed by atoms with E-state index in [1.54, 1.807) is 0 Å². The van der Waals surface area contributed by atoms with Crippen molar-refractivity contribution >= 4 is 59.9 Å². The van der Waals surface area contributed by atoms with Gasteiger partial charge in [-0.3, -0.25) is 9.80 Å². The third-order valence-electron chi connectivity index (χ3n) is 7.40. The molecule has 1 saturated heterocycles. The maximum absolute atomic E-state index is 6.98. The number of hydrogen-bond acceptors (Lipinski definition) is 3. The Morgan fingerprint density at radius 2 is 1.36 bits per heavy atom. The first kappa shape index (κ1) is 33.4. The summed E-state index contributed by atoms with van der Waals surface area (Å²) in [7, 11) is 0. The average Bonchev–Trinajstić information content (AvgIpc) is 3.28. The third-order valence-corrected chi connectivity index (χ3v) is 7.79. The molecule has 2 heterocycles. The number of alkyl halides is 1. The number of hydrogen-bond donors (Lipinski definition) is 0. The summed E-state index contributed by atoms with van der Waals surface area (Å²) in [4.78, 5) is 10.0. The van der Waals surface area contributed by atoms with E-state index in [1.165, 1.54) is 22.2 Å². The van der Waals surface area contributed by atoms with Gasteiger partial charge in [-0.25, -0.2) is 4.98 Å². The molecule has 1 fully saturated rings. The molecular formula is C31H40Cl4N4. The average molecular weight is 611 g/mol. The van der Waals surface area contributed by atoms with Gasteiger partial charge < -0.3 is 4.57 Å². The first-order valence-corrected chi connectivity index (χ1v) is 13.8. The number of rotatable bonds is 9. The smallest absolute Gasteiger partial charge is 0.109 e. The number of aryl methyl sites for hydroxylation is 2. The molecule has 0 saturated carbocycles. The van der Waals surface area contributed by atoms with Gasteiger partial charge in [0.1, 0.15) is 5.82 Å². The van der Waals surface area contributed by atoms with Crippen molar-refractivity contribution in [1.29, 1.82) is 0 Å². The van der Waals surface area contributed by atoms with Gasteiger partial charge in [0.2, 0.25) is 0 Å². The first-order chi connectivity index (χ1) is 17.7. The molecule has 1 aliphatic heterocycles. The van der Waals surface area contributed by atoms with Crippen LogP contribution in [0, 0.1) is 0 Å². The van der Waals surface area contributed by atoms with E-state index < -0.39 is 0 Å². The summed E-state index contributed by atoms with van der Waals surface area (Å²) in [6.45, 7) is 10.4. The van der Waals surface area contributed by atoms with E-state index in [-0.39, 0.29) is 48.6 Å². The molecule has 1 atom stereocenters. The highest BCUT2D eigenvalue weighted by molar-refractivity contribution is 6.21. The monoisotopic (exact) mass is 608 g/mol. The number of benzene rings is 3. The van der Waals surface area contributed by atoms with E-state index in [9.17, 15) is 0 Å². The molecule has 8 heteroatoms. The second kappa shape index (κ2) is 15.9. The quantitative estimate of drug-likeness (QED) is 0.180. The van der Waals surface area contributed by atoms with E-state index >= 15 is 0 Å². The summed E-state index contributed by atoms with van der Waals surface area (Å²) in [5, 5.41) is -0.0404. The van der Waals surface area contributed by atoms with Crippen molar-refractivity contribution in [1.82, 2.24) is 19.4 Å². The number of fused-ring (bicyclic) bond motifs is 1. The van der Waals surface area contributed by atoms with Crippen molar-refractivity contribution < 1.29 is 0 Å². The molecule has 0 aliphatic carbocycles. The molecule has 5 rings (SSSR count). The fraction of sp³-hybridized carbons (Fsp3) is 0.387. The summed E-state index contributed by atoms with van der Waals surface area (Å²) in [6, 6.07) is 28.7. The van der Waals surface area contributed by atoms with Gasteiger partial charge in [-0.2, -0.15) is 0 Å². The Kier molecular flexibility index (Phi) is 13.6. The number of halogens is 4. The van der Waals surface area contributed by atoms with Gasteiger partial charge in [0.05, 0.1) is 22.5 Å². The zero-order valence-electron chi connectivity index (χ0n) is 22.7. The van der Waals surface area contributed by atoms with Crippen LogP contribution in [0.4, 0.5) is 0 Å². The van der Waals surface area contributed by atoms with E-state index in [0.29, 0.717) is 0 Å². The van der Waals surface area contributed by atoms with E-state index in [4.69, 9.17) is 16.6 Å². The highest BCUT2D eigenvalue weighted by Crippen LogP contribution is 2.31. The Morgan fingerprint density at radius 3 is 1.90 bits per heavy atom. The van der Waals surface area contributed by atoms with Crippen LogP contribution in [0.25, 0.3) is 11.0 Å². The van der Waals surface area contributed by atoms with Gasteiger partial charge in [-0.15, -0.1) is 48.8 Å². The number of aromatic nitrogens is 2. The summed E-state index contributed by atoms with van der Waals surface area (Å²) >= 11 is 6.98. The Morgan fingerprint density at radius 1 is 0.769 bits per heavy atom. The Hall–Kier alpha value is -1.79. The Balaban J connectivity index is 0.00000178. The van der Waals surface area contributed by atoms with Gasteiger partial charge in [-0.1, -0.05) is 80.6 Å². The van der Waals surface area contributed by atoms with E-state index in [1.807, 2.05) is 0 Å². The molecule has 39 heavy (non-hydrogen) atoms. The maximum atomic E-state index is 6.98. The third kappa shape index (κ3) is 7.70. The second-order valence-corrected chi connectivity index (χ2v) is 10.3. The van der Waals surface area contributed by atoms with Crippen molar-refractivity contribution in [3.63, 3.8) is 0 Å². The van der Waals surface area contributed by atoms with Crippen LogP contribution in [-0.2, 0) is 13.0 Å². The molecule has 3 aromatic carbocycles. The van der Waals surface area contributed by atoms with Crippen molar-refractivity contribution in [2.45, 2.75) is 44.7 Å². The topological polar surface area (TPSA) is 24.3 Å². The lowest BCUT2D eigenvalue weighted by atomic mass is 9.96. The molecule has 4 aromatic rings. The molecule has 1 aromatic heterocycles. The van der Waals surface area contributed by atoms with Crippen LogP contribution >= 0.6 is 48.8 Å². The first-order valence-electron chi connectivity index (χ1n) is 13.4. The van der Waals surface area contributed by atoms with Gasteiger partial charge in [0.25, 0.3) is 0 Å². The van der Waals surface area contributed by atoms with Crippen molar-refractivity contribution in [2.75, 3.05) is 32.7 Å². The molecule has 4 nitrogen and oxygen atoms in total. The lowest BCUT2D eigenvalue weighted by Gasteiger charge is -2.40.